The van der Waals surface area contributed by atoms with E-state index in [1.807, 2.05) is 36.4 Å². The quantitative estimate of drug-likeness (QED) is 0.272. The van der Waals surface area contributed by atoms with E-state index in [1.165, 1.54) is 6.42 Å². The standard InChI is InChI=1S/C13H16N6.C9H13N3.C4H4IN3/c14-12-3-4-13(18-17-12)19-7-5-10(9-19)8-11-2-1-6-15-16-11;1-2-9(12-11-4-1)6-8-3-5-10-7-8;5-3-1-2-4(6)8-7-3/h1-4,6,10H,5,7-9H2,(H2,14,17);1-2,4,8,10H,3,5-7H2;1-2H,(H2,6,8)/t10-;8-;/m00./s1. The average Bonchev–Trinajstić information content (AvgIpc) is 3.65. The molecule has 0 amide bonds. The number of aromatic nitrogens is 8. The third-order valence-electron chi connectivity index (χ3n) is 6.35. The summed E-state index contributed by atoms with van der Waals surface area (Å²) in [6.45, 7) is 4.28. The summed E-state index contributed by atoms with van der Waals surface area (Å²) in [5, 5.41) is 34.6. The molecule has 6 heterocycles. The third kappa shape index (κ3) is 9.90. The lowest BCUT2D eigenvalue weighted by Crippen LogP contribution is -2.21. The van der Waals surface area contributed by atoms with E-state index in [2.05, 4.69) is 73.6 Å². The van der Waals surface area contributed by atoms with Crippen molar-refractivity contribution in [3.8, 4) is 0 Å². The highest BCUT2D eigenvalue weighted by molar-refractivity contribution is 14.1. The van der Waals surface area contributed by atoms with E-state index in [-0.39, 0.29) is 0 Å². The maximum absolute atomic E-state index is 5.55. The first-order valence-electron chi connectivity index (χ1n) is 12.9. The highest BCUT2D eigenvalue weighted by atomic mass is 127. The molecule has 0 aliphatic carbocycles. The van der Waals surface area contributed by atoms with Gasteiger partial charge in [-0.1, -0.05) is 0 Å². The first kappa shape index (κ1) is 28.4. The van der Waals surface area contributed by atoms with Gasteiger partial charge in [-0.25, -0.2) is 0 Å². The predicted octanol–water partition coefficient (Wildman–Crippen LogP) is 2.21. The number of nitrogen functional groups attached to an aromatic ring is 2. The fraction of sp³-hybridized carbons (Fsp3) is 0.385. The molecule has 0 saturated carbocycles. The van der Waals surface area contributed by atoms with Crippen molar-refractivity contribution in [2.45, 2.75) is 25.7 Å². The Labute approximate surface area is 241 Å². The molecule has 2 aliphatic rings. The Morgan fingerprint density at radius 3 is 1.95 bits per heavy atom. The Balaban J connectivity index is 0.000000150. The Morgan fingerprint density at radius 2 is 1.44 bits per heavy atom. The van der Waals surface area contributed by atoms with Crippen molar-refractivity contribution in [1.82, 2.24) is 46.1 Å². The van der Waals surface area contributed by atoms with Crippen LogP contribution in [0, 0.1) is 15.5 Å². The summed E-state index contributed by atoms with van der Waals surface area (Å²) in [5.41, 5.74) is 13.0. The highest BCUT2D eigenvalue weighted by Gasteiger charge is 2.24. The zero-order valence-corrected chi connectivity index (χ0v) is 23.8. The van der Waals surface area contributed by atoms with Crippen molar-refractivity contribution in [2.24, 2.45) is 11.8 Å². The number of rotatable bonds is 5. The molecule has 204 valence electrons. The first-order chi connectivity index (χ1) is 19.0. The van der Waals surface area contributed by atoms with Gasteiger partial charge in [0, 0.05) is 25.5 Å². The minimum atomic E-state index is 0.457. The Bertz CT molecular complexity index is 1200. The van der Waals surface area contributed by atoms with Gasteiger partial charge in [0.15, 0.2) is 5.82 Å². The van der Waals surface area contributed by atoms with Crippen molar-refractivity contribution in [3.63, 3.8) is 0 Å². The fourth-order valence-corrected chi connectivity index (χ4v) is 4.69. The molecule has 4 aromatic rings. The zero-order chi connectivity index (χ0) is 27.3. The van der Waals surface area contributed by atoms with Gasteiger partial charge in [-0.2, -0.15) is 20.4 Å². The van der Waals surface area contributed by atoms with Crippen LogP contribution in [0.4, 0.5) is 17.5 Å². The first-order valence-corrected chi connectivity index (χ1v) is 14.0. The summed E-state index contributed by atoms with van der Waals surface area (Å²) in [7, 11) is 0. The smallest absolute Gasteiger partial charge is 0.151 e. The van der Waals surface area contributed by atoms with Crippen LogP contribution in [0.2, 0.25) is 0 Å². The predicted molar refractivity (Wildman–Crippen MR) is 158 cm³/mol. The van der Waals surface area contributed by atoms with Crippen LogP contribution in [0.15, 0.2) is 60.9 Å². The van der Waals surface area contributed by atoms with E-state index in [4.69, 9.17) is 11.5 Å². The normalized spacial score (nSPS) is 18.0. The molecule has 2 saturated heterocycles. The molecule has 0 unspecified atom stereocenters. The van der Waals surface area contributed by atoms with Crippen LogP contribution >= 0.6 is 22.6 Å². The molecule has 2 aliphatic heterocycles. The molecular formula is C26H33IN12. The zero-order valence-electron chi connectivity index (χ0n) is 21.6. The Hall–Kier alpha value is -3.59. The van der Waals surface area contributed by atoms with E-state index in [0.29, 0.717) is 17.6 Å². The summed E-state index contributed by atoms with van der Waals surface area (Å²) in [6.07, 6.45) is 7.87. The van der Waals surface area contributed by atoms with Gasteiger partial charge < -0.3 is 21.7 Å². The van der Waals surface area contributed by atoms with Crippen molar-refractivity contribution >= 4 is 40.0 Å². The van der Waals surface area contributed by atoms with Gasteiger partial charge in [0.25, 0.3) is 0 Å². The fourth-order valence-electron chi connectivity index (χ4n) is 4.40. The molecule has 12 nitrogen and oxygen atoms in total. The van der Waals surface area contributed by atoms with Crippen LogP contribution in [0.3, 0.4) is 0 Å². The topological polar surface area (TPSA) is 170 Å². The lowest BCUT2D eigenvalue weighted by molar-refractivity contribution is 0.567. The molecule has 39 heavy (non-hydrogen) atoms. The van der Waals surface area contributed by atoms with E-state index < -0.39 is 0 Å². The minimum Gasteiger partial charge on any atom is -0.382 e. The van der Waals surface area contributed by atoms with Crippen LogP contribution in [-0.4, -0.2) is 67.0 Å². The second kappa shape index (κ2) is 15.1. The Kier molecular flexibility index (Phi) is 11.0. The maximum Gasteiger partial charge on any atom is 0.151 e. The minimum absolute atomic E-state index is 0.457. The number of hydrogen-bond donors (Lipinski definition) is 3. The van der Waals surface area contributed by atoms with Gasteiger partial charge in [-0.05, 0) is 122 Å². The van der Waals surface area contributed by atoms with E-state index in [9.17, 15) is 0 Å². The van der Waals surface area contributed by atoms with Crippen molar-refractivity contribution in [1.29, 1.82) is 0 Å². The number of nitrogens with zero attached hydrogens (tertiary/aromatic N) is 9. The molecular weight excluding hydrogens is 607 g/mol. The molecule has 4 aromatic heterocycles. The van der Waals surface area contributed by atoms with Crippen molar-refractivity contribution in [2.75, 3.05) is 42.5 Å². The molecule has 2 fully saturated rings. The van der Waals surface area contributed by atoms with E-state index in [0.717, 1.165) is 72.3 Å². The van der Waals surface area contributed by atoms with Crippen LogP contribution in [0.5, 0.6) is 0 Å². The summed E-state index contributed by atoms with van der Waals surface area (Å²) in [4.78, 5) is 2.24. The second-order valence-electron chi connectivity index (χ2n) is 9.40. The van der Waals surface area contributed by atoms with Gasteiger partial charge in [0.1, 0.15) is 15.3 Å². The van der Waals surface area contributed by atoms with Gasteiger partial charge in [0.05, 0.1) is 11.4 Å². The number of nitrogens with one attached hydrogen (secondary N) is 1. The molecule has 0 radical (unpaired) electrons. The lowest BCUT2D eigenvalue weighted by Gasteiger charge is -2.16. The summed E-state index contributed by atoms with van der Waals surface area (Å²) in [6, 6.07) is 15.2. The van der Waals surface area contributed by atoms with E-state index in [1.54, 1.807) is 24.5 Å². The summed E-state index contributed by atoms with van der Waals surface area (Å²) >= 11 is 2.07. The monoisotopic (exact) mass is 640 g/mol. The van der Waals surface area contributed by atoms with Crippen LogP contribution in [-0.2, 0) is 12.8 Å². The van der Waals surface area contributed by atoms with E-state index >= 15 is 0 Å². The Morgan fingerprint density at radius 1 is 0.769 bits per heavy atom. The van der Waals surface area contributed by atoms with Gasteiger partial charge in [-0.3, -0.25) is 0 Å². The molecule has 2 atom stereocenters. The van der Waals surface area contributed by atoms with Gasteiger partial charge in [0.2, 0.25) is 0 Å². The lowest BCUT2D eigenvalue weighted by atomic mass is 10.0. The summed E-state index contributed by atoms with van der Waals surface area (Å²) in [5.74, 6) is 3.18. The molecule has 0 spiro atoms. The summed E-state index contributed by atoms with van der Waals surface area (Å²) < 4.78 is 0.858. The van der Waals surface area contributed by atoms with Crippen LogP contribution in [0.1, 0.15) is 24.2 Å². The number of hydrogen-bond acceptors (Lipinski definition) is 12. The third-order valence-corrected chi connectivity index (χ3v) is 6.92. The van der Waals surface area contributed by atoms with Crippen molar-refractivity contribution in [3.05, 3.63) is 76.0 Å². The largest absolute Gasteiger partial charge is 0.382 e. The highest BCUT2D eigenvalue weighted by Crippen LogP contribution is 2.24. The molecule has 0 aromatic carbocycles. The van der Waals surface area contributed by atoms with Gasteiger partial charge >= 0.3 is 0 Å². The number of anilines is 3. The van der Waals surface area contributed by atoms with Crippen molar-refractivity contribution < 1.29 is 0 Å². The van der Waals surface area contributed by atoms with Gasteiger partial charge in [-0.15, -0.1) is 20.4 Å². The molecule has 6 rings (SSSR count). The molecule has 13 heteroatoms. The number of nitrogens with two attached hydrogens (primary N) is 2. The van der Waals surface area contributed by atoms with Crippen LogP contribution in [0.25, 0.3) is 0 Å². The number of halogens is 1. The second-order valence-corrected chi connectivity index (χ2v) is 10.5. The SMILES string of the molecule is Nc1ccc(I)nn1.Nc1ccc(N2CC[C@@H](Cc3cccnn3)C2)nn1.c1cnnc(C[C@@H]2CCNC2)c1. The average molecular weight is 641 g/mol. The maximum atomic E-state index is 5.55. The molecule has 5 N–H and O–H groups in total. The van der Waals surface area contributed by atoms with Crippen LogP contribution < -0.4 is 21.7 Å². The molecule has 0 bridgehead atoms.